The van der Waals surface area contributed by atoms with E-state index in [2.05, 4.69) is 174 Å². The molecule has 0 radical (unpaired) electrons. The van der Waals surface area contributed by atoms with E-state index in [0.29, 0.717) is 55.6 Å². The number of hydrogen-bond donors (Lipinski definition) is 3. The van der Waals surface area contributed by atoms with Gasteiger partial charge in [-0.15, -0.1) is 0 Å². The number of rotatable bonds is 6. The van der Waals surface area contributed by atoms with Crippen molar-refractivity contribution in [3.63, 3.8) is 0 Å². The van der Waals surface area contributed by atoms with Crippen LogP contribution in [0.4, 0.5) is 13.2 Å². The Morgan fingerprint density at radius 2 is 0.544 bits per heavy atom. The minimum absolute atomic E-state index is 0.214. The average Bonchev–Trinajstić information content (AvgIpc) is 0.929. The number of aromatic hydroxyl groups is 3. The van der Waals surface area contributed by atoms with Gasteiger partial charge in [0, 0.05) is 25.3 Å². The molecule has 18 aliphatic carbocycles. The van der Waals surface area contributed by atoms with Crippen molar-refractivity contribution in [2.75, 3.05) is 0 Å². The fraction of sp³-hybridized carbons (Fsp3) is 0.602. The second-order valence-corrected chi connectivity index (χ2v) is 58.7. The van der Waals surface area contributed by atoms with Crippen LogP contribution in [0.15, 0.2) is 83.3 Å². The van der Waals surface area contributed by atoms with E-state index in [9.17, 15) is 28.5 Å². The molecule has 9 nitrogen and oxygen atoms in total. The molecule has 12 bridgehead atoms. The molecule has 0 aliphatic heterocycles. The maximum absolute atomic E-state index is 13.7. The Balaban J connectivity index is 0.000000122. The van der Waals surface area contributed by atoms with Gasteiger partial charge in [0.1, 0.15) is 17.2 Å². The molecule has 0 unspecified atom stereocenters. The van der Waals surface area contributed by atoms with Gasteiger partial charge in [-0.25, -0.2) is 0 Å². The van der Waals surface area contributed by atoms with Crippen molar-refractivity contribution in [3.05, 3.63) is 219 Å². The Kier molecular flexibility index (Phi) is 38.4. The van der Waals surface area contributed by atoms with Crippen LogP contribution in [0.25, 0.3) is 33.4 Å². The molecule has 19 heteroatoms. The van der Waals surface area contributed by atoms with E-state index < -0.39 is 17.5 Å². The number of aromatic nitrogens is 3. The maximum atomic E-state index is 13.7. The van der Waals surface area contributed by atoms with Crippen LogP contribution in [0, 0.1) is 146 Å². The molecule has 3 aromatic heterocycles. The number of halogens is 7. The summed E-state index contributed by atoms with van der Waals surface area (Å²) >= 11 is 17.1. The Morgan fingerprint density at radius 1 is 0.306 bits per heavy atom. The Bertz CT molecular complexity index is 5740. The molecule has 147 heavy (non-hydrogen) atoms. The second kappa shape index (κ2) is 49.1. The zero-order valence-electron chi connectivity index (χ0n) is 92.0. The van der Waals surface area contributed by atoms with Crippen molar-refractivity contribution in [2.45, 2.75) is 424 Å². The first-order valence-electron chi connectivity index (χ1n) is 56.3. The number of alkyl halides is 3. The minimum Gasteiger partial charge on any atom is -0.665 e. The summed E-state index contributed by atoms with van der Waals surface area (Å²) in [5, 5.41) is 34.0. The number of phenols is 3. The summed E-state index contributed by atoms with van der Waals surface area (Å²) < 4.78 is 66.8. The van der Waals surface area contributed by atoms with Crippen LogP contribution in [-0.2, 0) is 137 Å². The number of nitrogens with zero attached hydrogens (tertiary/aromatic N) is 6. The first kappa shape index (κ1) is 115. The van der Waals surface area contributed by atoms with Gasteiger partial charge in [0.05, 0.1) is 14.2 Å². The zero-order chi connectivity index (χ0) is 105. The summed E-state index contributed by atoms with van der Waals surface area (Å²) in [4.78, 5) is 12.3. The van der Waals surface area contributed by atoms with Crippen LogP contribution >= 0.6 is 68.4 Å². The molecule has 0 atom stereocenters. The molecule has 3 heterocycles. The summed E-state index contributed by atoms with van der Waals surface area (Å²) in [6.07, 6.45) is 48.2. The fourth-order valence-electron chi connectivity index (χ4n) is 29.0. The van der Waals surface area contributed by atoms with Gasteiger partial charge in [0.2, 0.25) is 0 Å². The molecule has 0 saturated heterocycles. The van der Waals surface area contributed by atoms with Crippen molar-refractivity contribution in [2.24, 2.45) is 80.0 Å². The summed E-state index contributed by atoms with van der Waals surface area (Å²) in [7, 11) is 0. The zero-order valence-corrected chi connectivity index (χ0v) is 104. The number of benzene rings is 6. The van der Waals surface area contributed by atoms with Crippen LogP contribution in [0.1, 0.15) is 384 Å². The third kappa shape index (κ3) is 29.1. The Hall–Kier alpha value is -4.54. The largest absolute Gasteiger partial charge is 0.665 e. The minimum atomic E-state index is -4.55. The van der Waals surface area contributed by atoms with E-state index in [4.69, 9.17) is 33.7 Å². The summed E-state index contributed by atoms with van der Waals surface area (Å²) in [6.45, 7) is 41.1. The molecule has 0 spiro atoms. The Morgan fingerprint density at radius 3 is 0.830 bits per heavy atom. The topological polar surface area (TPSA) is 140 Å². The fourth-order valence-corrected chi connectivity index (χ4v) is 36.7. The van der Waals surface area contributed by atoms with E-state index in [-0.39, 0.29) is 59.5 Å². The van der Waals surface area contributed by atoms with Gasteiger partial charge in [-0.2, -0.15) is 47.3 Å². The monoisotopic (exact) mass is 2510 g/mol. The summed E-state index contributed by atoms with van der Waals surface area (Å²) in [5.41, 5.74) is 34.0. The van der Waals surface area contributed by atoms with Gasteiger partial charge in [0.25, 0.3) is 0 Å². The number of phenolic OH excluding ortho intramolecular Hbond substituents is 3. The van der Waals surface area contributed by atoms with Gasteiger partial charge < -0.3 is 30.3 Å². The molecular weight excluding hydrogens is 2340 g/mol. The van der Waals surface area contributed by atoms with E-state index >= 15 is 0 Å². The van der Waals surface area contributed by atoms with Crippen molar-refractivity contribution in [3.8, 4) is 50.6 Å². The Labute approximate surface area is 942 Å². The summed E-state index contributed by atoms with van der Waals surface area (Å²) in [5.74, 6) is 9.60. The van der Waals surface area contributed by atoms with Gasteiger partial charge in [0.15, 0.2) is 0 Å². The molecule has 18 aliphatic rings. The van der Waals surface area contributed by atoms with Crippen LogP contribution < -0.4 is 15.0 Å². The predicted molar refractivity (Wildman–Crippen MR) is 614 cm³/mol. The van der Waals surface area contributed by atoms with Gasteiger partial charge in [-0.05, 0) is 363 Å². The predicted octanol–water partition coefficient (Wildman–Crippen LogP) is 35.2. The standard InChI is InChI=1S/C23H25F3O.C21H22Cl2O.C21H22I2O.3C10H15N.3C6H8N.3C5H10.3Mo/c1-13-11-15-7-3-5-9-17(15)20(14(13)2)21-18-10-6-4-8-16(18)12-19(22(21)27)23(24,25)26;2*1-12-17(22)10-13-6-2-4-8-15(13)19(12)20-16-9-5-3-7-14(16)11-18(23)21(20)24;3*11-10-4-7-1-8(5-10)3-9(2-7)6-10;3*1-5-3-4-6(2)7-5;3*1-5(2,3)4;;;/h11-12,27H,3-10H2,1-2H3;2*10-11,24H,2-9H2,1H3;3*7-9H,1-6H2;3*3-4H,1-2H3;3*1H,2-4H3;;;/q;;;;;;3*-1;;;;;;. The van der Waals surface area contributed by atoms with Crippen molar-refractivity contribution in [1.82, 2.24) is 15.0 Å². The quantitative estimate of drug-likeness (QED) is 0.112. The molecule has 12 fully saturated rings. The SMILES string of the molecule is CC(C)(C)[CH]=[Mo]=[N]C12CC3CC(CC(C3)C1)C2.CC(C)(C)[CH]=[Mo]=[N]C12CC3CC(CC(C3)C1)C2.CC(C)(C)[CH]=[Mo]=[N]C12CC3CC(CC(C3)C1)C2.Cc1c(Cl)cc2c(c1-c1c(O)c(Cl)cc3c1CCCC3)CCCC2.Cc1c(I)cc2c(c1-c1c(O)c(I)cc3c1CCCC3)CCCC2.Cc1cc2c(c(-c3c(O)c(C(F)(F)F)cc4c3CCCC4)c1C)CCCC2.Cc1ccc(C)[n-]1.Cc1ccc(C)[n-]1.Cc1ccc(C)[n-]1. The average molecular weight is 2510 g/mol. The molecule has 6 aromatic carbocycles. The molecule has 798 valence electrons. The van der Waals surface area contributed by atoms with Crippen molar-refractivity contribution in [1.29, 1.82) is 0 Å². The van der Waals surface area contributed by atoms with Gasteiger partial charge in [-0.1, -0.05) is 107 Å². The normalized spacial score (nSPS) is 25.0. The van der Waals surface area contributed by atoms with Crippen LogP contribution in [0.3, 0.4) is 0 Å². The number of aryl methyl sites for hydroxylation is 13. The van der Waals surface area contributed by atoms with Crippen LogP contribution in [0.5, 0.6) is 17.2 Å². The van der Waals surface area contributed by atoms with Crippen LogP contribution in [-0.4, -0.2) is 45.1 Å². The third-order valence-corrected chi connectivity index (χ3v) is 46.7. The van der Waals surface area contributed by atoms with E-state index in [1.165, 1.54) is 244 Å². The first-order valence-corrected chi connectivity index (χ1v) is 65.4. The molecule has 0 amide bonds. The number of hydrogen-bond acceptors (Lipinski definition) is 6. The third-order valence-electron chi connectivity index (χ3n) is 34.4. The van der Waals surface area contributed by atoms with Gasteiger partial charge in [-0.3, -0.25) is 0 Å². The first-order chi connectivity index (χ1) is 69.6. The number of fused-ring (bicyclic) bond motifs is 6. The summed E-state index contributed by atoms with van der Waals surface area (Å²) in [6, 6.07) is 24.1. The van der Waals surface area contributed by atoms with E-state index in [1.807, 2.05) is 97.9 Å². The van der Waals surface area contributed by atoms with Crippen LogP contribution in [0.2, 0.25) is 10.0 Å². The molecule has 27 rings (SSSR count). The van der Waals surface area contributed by atoms with Crippen molar-refractivity contribution < 1.29 is 82.2 Å². The van der Waals surface area contributed by atoms with E-state index in [0.717, 1.165) is 242 Å². The van der Waals surface area contributed by atoms with Crippen molar-refractivity contribution >= 4 is 81.6 Å². The smallest absolute Gasteiger partial charge is 0.419 e. The molecule has 3 N–H and O–H groups in total. The molecule has 12 saturated carbocycles. The maximum Gasteiger partial charge on any atom is 0.419 e. The second-order valence-electron chi connectivity index (χ2n) is 50.9. The molecular formula is C128H168Cl2F3I2Mo3N6O3-3. The van der Waals surface area contributed by atoms with Gasteiger partial charge >= 0.3 is 348 Å². The molecule has 9 aromatic rings. The van der Waals surface area contributed by atoms with E-state index in [1.54, 1.807) is 0 Å².